The molecule has 1 aromatic heterocycles. The molecule has 4 aromatic rings. The number of carbonyl (C=O) groups is 3. The number of hydrogen-bond acceptors (Lipinski definition) is 10. The summed E-state index contributed by atoms with van der Waals surface area (Å²) >= 11 is 1.58. The van der Waals surface area contributed by atoms with Crippen LogP contribution in [0.3, 0.4) is 0 Å². The summed E-state index contributed by atoms with van der Waals surface area (Å²) in [5.41, 5.74) is 6.81. The molecule has 1 amide bonds. The summed E-state index contributed by atoms with van der Waals surface area (Å²) in [6, 6.07) is 16.8. The molecule has 5 atom stereocenters. The first-order valence-corrected chi connectivity index (χ1v) is 25.2. The van der Waals surface area contributed by atoms with E-state index in [1.54, 1.807) is 11.3 Å². The van der Waals surface area contributed by atoms with Gasteiger partial charge in [-0.25, -0.2) is 18.2 Å². The highest BCUT2D eigenvalue weighted by atomic mass is 32.1. The minimum Gasteiger partial charge on any atom is -0.491 e. The number of benzene rings is 3. The number of amides is 1. The van der Waals surface area contributed by atoms with E-state index in [4.69, 9.17) is 14.2 Å². The molecule has 0 unspecified atom stereocenters. The standard InChI is InChI=1S/C55H68F3N3O7S/c1-34-24-43-42-13-9-8-12-38(42)25-44(43)51(61(34)32-55(6,7)58)50-46(56)28-41(29-47(50)57)68-23-22-66-20-10-11-21-67-31-40(63)26-45(54(3,4)5)53(65)60-30-39(62)27-48(60)49(64)19-16-36-14-17-37(18-15-36)52-35(2)59-33-69-52/h8-9,12-15,17-18,28-29,33-34,39,45,48,51,62H,10-11,16,19-27,30-32H2,1-7H3/t34-,39-,45-,48+,51+/m1/s1. The van der Waals surface area contributed by atoms with Crippen molar-refractivity contribution in [2.45, 2.75) is 130 Å². The molecule has 1 fully saturated rings. The highest BCUT2D eigenvalue weighted by Gasteiger charge is 2.45. The van der Waals surface area contributed by atoms with Crippen molar-refractivity contribution in [1.82, 2.24) is 14.8 Å². The lowest BCUT2D eigenvalue weighted by molar-refractivity contribution is -0.146. The van der Waals surface area contributed by atoms with E-state index in [1.807, 2.05) is 93.6 Å². The number of unbranched alkanes of at least 4 members (excludes halogenated alkanes) is 1. The molecule has 2 aliphatic heterocycles. The fraction of sp³-hybridized carbons (Fsp3) is 0.527. The third-order valence-corrected chi connectivity index (χ3v) is 14.6. The molecular weight excluding hydrogens is 904 g/mol. The van der Waals surface area contributed by atoms with Crippen molar-refractivity contribution in [1.29, 1.82) is 0 Å². The van der Waals surface area contributed by atoms with Gasteiger partial charge in [-0.05, 0) is 98.6 Å². The monoisotopic (exact) mass is 971 g/mol. The molecule has 0 spiro atoms. The van der Waals surface area contributed by atoms with E-state index in [0.717, 1.165) is 44.0 Å². The van der Waals surface area contributed by atoms with E-state index in [2.05, 4.69) is 4.98 Å². The number of alkyl halides is 1. The van der Waals surface area contributed by atoms with Crippen molar-refractivity contribution in [2.75, 3.05) is 46.1 Å². The number of aliphatic hydroxyl groups is 1. The zero-order valence-electron chi connectivity index (χ0n) is 41.1. The molecular formula is C55H68F3N3O7S. The van der Waals surface area contributed by atoms with Crippen LogP contribution in [-0.4, -0.2) is 107 Å². The number of β-amino-alcohol motifs (C(OH)–C–C–N with tert-alkyl or cyclic N) is 1. The average Bonchev–Trinajstić information content (AvgIpc) is 4.01. The van der Waals surface area contributed by atoms with Gasteiger partial charge in [0, 0.05) is 75.2 Å². The van der Waals surface area contributed by atoms with Gasteiger partial charge in [-0.1, -0.05) is 69.3 Å². The predicted octanol–water partition coefficient (Wildman–Crippen LogP) is 10.3. The summed E-state index contributed by atoms with van der Waals surface area (Å²) in [4.78, 5) is 49.6. The zero-order valence-corrected chi connectivity index (χ0v) is 41.9. The Hall–Kier alpha value is -4.73. The Balaban J connectivity index is 0.822. The van der Waals surface area contributed by atoms with E-state index in [9.17, 15) is 19.5 Å². The number of aromatic nitrogens is 1. The van der Waals surface area contributed by atoms with Crippen molar-refractivity contribution in [2.24, 2.45) is 11.3 Å². The maximum absolute atomic E-state index is 16.1. The van der Waals surface area contributed by atoms with E-state index in [-0.39, 0.29) is 87.0 Å². The Morgan fingerprint density at radius 3 is 2.30 bits per heavy atom. The summed E-state index contributed by atoms with van der Waals surface area (Å²) in [6.45, 7) is 13.5. The molecule has 3 heterocycles. The Bertz CT molecular complexity index is 2450. The molecule has 1 aliphatic carbocycles. The van der Waals surface area contributed by atoms with E-state index < -0.39 is 46.8 Å². The summed E-state index contributed by atoms with van der Waals surface area (Å²) in [6.07, 6.45) is 2.50. The number of thiazole rings is 1. The van der Waals surface area contributed by atoms with Crippen LogP contribution in [0, 0.1) is 29.9 Å². The topological polar surface area (TPSA) is 118 Å². The fourth-order valence-corrected chi connectivity index (χ4v) is 10.9. The van der Waals surface area contributed by atoms with Crippen molar-refractivity contribution in [3.05, 3.63) is 111 Å². The van der Waals surface area contributed by atoms with E-state index >= 15 is 13.2 Å². The number of ketones is 2. The van der Waals surface area contributed by atoms with Gasteiger partial charge in [-0.3, -0.25) is 19.3 Å². The molecule has 0 saturated carbocycles. The number of aliphatic hydroxyl groups excluding tert-OH is 1. The first-order valence-electron chi connectivity index (χ1n) is 24.3. The van der Waals surface area contributed by atoms with Crippen LogP contribution in [-0.2, 0) is 36.7 Å². The molecule has 10 nitrogen and oxygen atoms in total. The molecule has 14 heteroatoms. The predicted molar refractivity (Wildman–Crippen MR) is 263 cm³/mol. The Kier molecular flexibility index (Phi) is 17.0. The number of carbonyl (C=O) groups excluding carboxylic acids is 3. The van der Waals surface area contributed by atoms with Gasteiger partial charge in [0.25, 0.3) is 0 Å². The third-order valence-electron chi connectivity index (χ3n) is 13.6. The highest BCUT2D eigenvalue weighted by Crippen LogP contribution is 2.50. The second-order valence-electron chi connectivity index (χ2n) is 20.7. The fourth-order valence-electron chi connectivity index (χ4n) is 10.1. The molecule has 3 aliphatic rings. The largest absolute Gasteiger partial charge is 0.491 e. The van der Waals surface area contributed by atoms with Gasteiger partial charge < -0.3 is 24.2 Å². The second kappa shape index (κ2) is 22.6. The van der Waals surface area contributed by atoms with Crippen LogP contribution in [0.1, 0.15) is 114 Å². The van der Waals surface area contributed by atoms with Crippen LogP contribution in [0.15, 0.2) is 71.7 Å². The van der Waals surface area contributed by atoms with Gasteiger partial charge >= 0.3 is 0 Å². The first-order chi connectivity index (χ1) is 32.8. The smallest absolute Gasteiger partial charge is 0.227 e. The number of ether oxygens (including phenoxy) is 3. The van der Waals surface area contributed by atoms with Gasteiger partial charge in [-0.15, -0.1) is 11.3 Å². The van der Waals surface area contributed by atoms with Crippen LogP contribution < -0.4 is 4.74 Å². The van der Waals surface area contributed by atoms with E-state index in [1.165, 1.54) is 30.9 Å². The van der Waals surface area contributed by atoms with Gasteiger partial charge in [0.1, 0.15) is 36.3 Å². The SMILES string of the molecule is Cc1ncsc1-c1ccc(CCC(=O)[C@@H]2C[C@@H](O)CN2C(=O)[C@@H](CC(=O)COCCCCOCCOc2cc(F)c([C@@H]3C4=C(C[C@@H](C)N3CC(C)(C)F)c3ccccc3C4)c(F)c2)C(C)(C)C)cc1. The summed E-state index contributed by atoms with van der Waals surface area (Å²) in [5.74, 6) is -2.80. The van der Waals surface area contributed by atoms with Gasteiger partial charge in [0.05, 0.1) is 40.9 Å². The number of likely N-dealkylation sites (tertiary alicyclic amines) is 1. The lowest BCUT2D eigenvalue weighted by Crippen LogP contribution is -2.47. The minimum absolute atomic E-state index is 0.0238. The van der Waals surface area contributed by atoms with Crippen LogP contribution in [0.5, 0.6) is 5.75 Å². The van der Waals surface area contributed by atoms with Crippen LogP contribution in [0.4, 0.5) is 13.2 Å². The highest BCUT2D eigenvalue weighted by molar-refractivity contribution is 7.13. The number of Topliss-reactive ketones (excluding diaryl/α,β-unsaturated/α-hetero) is 2. The third kappa shape index (κ3) is 13.0. The lowest BCUT2D eigenvalue weighted by atomic mass is 9.76. The molecule has 3 aromatic carbocycles. The molecule has 0 radical (unpaired) electrons. The number of hydrogen-bond donors (Lipinski definition) is 1. The Labute approximate surface area is 409 Å². The van der Waals surface area contributed by atoms with Crippen molar-refractivity contribution in [3.8, 4) is 16.2 Å². The maximum Gasteiger partial charge on any atom is 0.227 e. The average molecular weight is 972 g/mol. The first kappa shape index (κ1) is 52.1. The van der Waals surface area contributed by atoms with Crippen LogP contribution >= 0.6 is 11.3 Å². The molecule has 7 rings (SSSR count). The van der Waals surface area contributed by atoms with Gasteiger partial charge in [0.2, 0.25) is 5.91 Å². The summed E-state index contributed by atoms with van der Waals surface area (Å²) < 4.78 is 64.4. The summed E-state index contributed by atoms with van der Waals surface area (Å²) in [7, 11) is 0. The van der Waals surface area contributed by atoms with Gasteiger partial charge in [0.15, 0.2) is 11.6 Å². The quantitative estimate of drug-likeness (QED) is 0.0768. The normalized spacial score (nSPS) is 20.0. The van der Waals surface area contributed by atoms with Crippen LogP contribution in [0.25, 0.3) is 16.0 Å². The zero-order chi connectivity index (χ0) is 49.6. The number of rotatable bonds is 22. The minimum atomic E-state index is -1.58. The molecule has 0 bridgehead atoms. The number of aryl methyl sites for hydroxylation is 2. The molecule has 69 heavy (non-hydrogen) atoms. The number of fused-ring (bicyclic) bond motifs is 2. The number of halogens is 3. The van der Waals surface area contributed by atoms with Crippen molar-refractivity contribution in [3.63, 3.8) is 0 Å². The molecule has 1 saturated heterocycles. The Morgan fingerprint density at radius 2 is 1.64 bits per heavy atom. The van der Waals surface area contributed by atoms with Gasteiger partial charge in [-0.2, -0.15) is 0 Å². The van der Waals surface area contributed by atoms with Crippen LogP contribution in [0.2, 0.25) is 0 Å². The maximum atomic E-state index is 16.1. The lowest BCUT2D eigenvalue weighted by Gasteiger charge is -2.44. The molecule has 372 valence electrons. The van der Waals surface area contributed by atoms with Crippen molar-refractivity contribution >= 4 is 34.4 Å². The second-order valence-corrected chi connectivity index (χ2v) is 21.5. The van der Waals surface area contributed by atoms with E-state index in [0.29, 0.717) is 45.3 Å². The summed E-state index contributed by atoms with van der Waals surface area (Å²) in [5, 5.41) is 10.6. The number of nitrogens with zero attached hydrogens (tertiary/aromatic N) is 3. The Morgan fingerprint density at radius 1 is 0.942 bits per heavy atom. The van der Waals surface area contributed by atoms with Crippen molar-refractivity contribution < 1.29 is 46.9 Å². The molecule has 1 N–H and O–H groups in total.